The Morgan fingerprint density at radius 3 is 3.10 bits per heavy atom. The Morgan fingerprint density at radius 1 is 1.45 bits per heavy atom. The molecule has 5 nitrogen and oxygen atoms in total. The molecule has 2 aromatic rings. The fourth-order valence-electron chi connectivity index (χ4n) is 2.53. The third-order valence-corrected chi connectivity index (χ3v) is 5.31. The first-order valence-corrected chi connectivity index (χ1v) is 8.62. The molecule has 0 bridgehead atoms. The number of thiazole rings is 1. The summed E-state index contributed by atoms with van der Waals surface area (Å²) in [6.07, 6.45) is 2.67. The lowest BCUT2D eigenvalue weighted by atomic mass is 10.0. The molecule has 0 radical (unpaired) electrons. The molecule has 1 N–H and O–H groups in total. The van der Waals surface area contributed by atoms with Crippen LogP contribution in [-0.2, 0) is 6.54 Å². The van der Waals surface area contributed by atoms with E-state index in [1.54, 1.807) is 22.7 Å². The minimum Gasteiger partial charge on any atom is -0.363 e. The highest BCUT2D eigenvalue weighted by molar-refractivity contribution is 7.18. The molecule has 0 aromatic carbocycles. The van der Waals surface area contributed by atoms with E-state index < -0.39 is 0 Å². The lowest BCUT2D eigenvalue weighted by Crippen LogP contribution is -2.33. The van der Waals surface area contributed by atoms with Crippen molar-refractivity contribution < 1.29 is 0 Å². The lowest BCUT2D eigenvalue weighted by Gasteiger charge is -2.29. The first-order chi connectivity index (χ1) is 9.74. The number of nitrogens with zero attached hydrogens (tertiary/aromatic N) is 4. The van der Waals surface area contributed by atoms with Gasteiger partial charge in [0.15, 0.2) is 5.01 Å². The molecule has 1 saturated heterocycles. The van der Waals surface area contributed by atoms with Crippen LogP contribution >= 0.6 is 22.7 Å². The molecule has 0 amide bonds. The number of hydrogen-bond acceptors (Lipinski definition) is 7. The molecule has 3 rings (SSSR count). The number of anilines is 1. The standard InChI is InChI=1S/C13H19N5S2/c1-9-4-3-5-18(6-9)7-11-15-10(8-19-11)12-16-17-13(14-2)20-12/h8-9H,3-7H2,1-2H3,(H,14,17). The molecule has 0 aliphatic carbocycles. The third kappa shape index (κ3) is 3.16. The highest BCUT2D eigenvalue weighted by Crippen LogP contribution is 2.28. The number of nitrogens with one attached hydrogen (secondary N) is 1. The smallest absolute Gasteiger partial charge is 0.205 e. The molecule has 0 spiro atoms. The van der Waals surface area contributed by atoms with E-state index in [4.69, 9.17) is 4.98 Å². The van der Waals surface area contributed by atoms with Crippen LogP contribution in [0.1, 0.15) is 24.8 Å². The number of hydrogen-bond donors (Lipinski definition) is 1. The summed E-state index contributed by atoms with van der Waals surface area (Å²) in [5.74, 6) is 0.810. The van der Waals surface area contributed by atoms with Crippen LogP contribution in [0, 0.1) is 5.92 Å². The van der Waals surface area contributed by atoms with Crippen molar-refractivity contribution in [1.29, 1.82) is 0 Å². The number of aromatic nitrogens is 3. The van der Waals surface area contributed by atoms with Crippen LogP contribution in [-0.4, -0.2) is 40.2 Å². The second-order valence-electron chi connectivity index (χ2n) is 5.27. The maximum Gasteiger partial charge on any atom is 0.205 e. The van der Waals surface area contributed by atoms with Crippen LogP contribution in [0.5, 0.6) is 0 Å². The Balaban J connectivity index is 1.67. The maximum absolute atomic E-state index is 4.70. The van der Waals surface area contributed by atoms with Gasteiger partial charge in [-0.25, -0.2) is 4.98 Å². The summed E-state index contributed by atoms with van der Waals surface area (Å²) in [4.78, 5) is 7.21. The van der Waals surface area contributed by atoms with Crippen molar-refractivity contribution in [3.05, 3.63) is 10.4 Å². The summed E-state index contributed by atoms with van der Waals surface area (Å²) in [5, 5.41) is 16.2. The zero-order chi connectivity index (χ0) is 13.9. The molecular weight excluding hydrogens is 290 g/mol. The van der Waals surface area contributed by atoms with E-state index in [0.29, 0.717) is 0 Å². The van der Waals surface area contributed by atoms with E-state index in [0.717, 1.165) is 28.3 Å². The van der Waals surface area contributed by atoms with Gasteiger partial charge in [0.25, 0.3) is 0 Å². The summed E-state index contributed by atoms with van der Waals surface area (Å²) < 4.78 is 0. The van der Waals surface area contributed by atoms with Crippen molar-refractivity contribution in [3.8, 4) is 10.7 Å². The molecule has 0 saturated carbocycles. The second-order valence-corrected chi connectivity index (χ2v) is 7.19. The van der Waals surface area contributed by atoms with Crippen molar-refractivity contribution >= 4 is 27.8 Å². The Kier molecular flexibility index (Phi) is 4.28. The van der Waals surface area contributed by atoms with Crippen LogP contribution in [0.25, 0.3) is 10.7 Å². The Morgan fingerprint density at radius 2 is 2.35 bits per heavy atom. The van der Waals surface area contributed by atoms with Gasteiger partial charge in [-0.15, -0.1) is 21.5 Å². The van der Waals surface area contributed by atoms with Crippen LogP contribution in [0.3, 0.4) is 0 Å². The van der Waals surface area contributed by atoms with Gasteiger partial charge in [-0.1, -0.05) is 18.3 Å². The maximum atomic E-state index is 4.70. The zero-order valence-electron chi connectivity index (χ0n) is 11.8. The van der Waals surface area contributed by atoms with Gasteiger partial charge in [0.1, 0.15) is 10.7 Å². The molecule has 1 unspecified atom stereocenters. The van der Waals surface area contributed by atoms with Gasteiger partial charge in [-0.2, -0.15) is 0 Å². The molecule has 3 heterocycles. The van der Waals surface area contributed by atoms with Crippen LogP contribution in [0.4, 0.5) is 5.13 Å². The van der Waals surface area contributed by atoms with Crippen LogP contribution in [0.2, 0.25) is 0 Å². The number of likely N-dealkylation sites (tertiary alicyclic amines) is 1. The molecule has 7 heteroatoms. The van der Waals surface area contributed by atoms with Gasteiger partial charge in [0, 0.05) is 19.0 Å². The van der Waals surface area contributed by atoms with E-state index in [9.17, 15) is 0 Å². The first-order valence-electron chi connectivity index (χ1n) is 6.93. The topological polar surface area (TPSA) is 53.9 Å². The van der Waals surface area contributed by atoms with Crippen LogP contribution < -0.4 is 5.32 Å². The minimum atomic E-state index is 0.810. The summed E-state index contributed by atoms with van der Waals surface area (Å²) in [6.45, 7) is 5.69. The normalized spacial score (nSPS) is 20.2. The number of rotatable bonds is 4. The Labute approximate surface area is 127 Å². The molecule has 2 aromatic heterocycles. The van der Waals surface area contributed by atoms with E-state index in [1.807, 2.05) is 7.05 Å². The minimum absolute atomic E-state index is 0.810. The zero-order valence-corrected chi connectivity index (χ0v) is 13.4. The highest BCUT2D eigenvalue weighted by Gasteiger charge is 2.18. The van der Waals surface area contributed by atoms with Crippen molar-refractivity contribution in [3.63, 3.8) is 0 Å². The highest BCUT2D eigenvalue weighted by atomic mass is 32.1. The second kappa shape index (κ2) is 6.15. The molecule has 1 fully saturated rings. The lowest BCUT2D eigenvalue weighted by molar-refractivity contribution is 0.176. The largest absolute Gasteiger partial charge is 0.363 e. The average molecular weight is 309 g/mol. The van der Waals surface area contributed by atoms with Crippen LogP contribution in [0.15, 0.2) is 5.38 Å². The van der Waals surface area contributed by atoms with Crippen molar-refractivity contribution in [2.24, 2.45) is 5.92 Å². The predicted octanol–water partition coefficient (Wildman–Crippen LogP) is 2.94. The van der Waals surface area contributed by atoms with Gasteiger partial charge in [0.05, 0.1) is 6.54 Å². The summed E-state index contributed by atoms with van der Waals surface area (Å²) in [6, 6.07) is 0. The predicted molar refractivity (Wildman–Crippen MR) is 84.2 cm³/mol. The molecule has 20 heavy (non-hydrogen) atoms. The molecule has 1 atom stereocenters. The van der Waals surface area contributed by atoms with E-state index >= 15 is 0 Å². The average Bonchev–Trinajstić information content (AvgIpc) is 3.07. The van der Waals surface area contributed by atoms with Crippen molar-refractivity contribution in [1.82, 2.24) is 20.1 Å². The van der Waals surface area contributed by atoms with Gasteiger partial charge in [-0.05, 0) is 25.3 Å². The van der Waals surface area contributed by atoms with Gasteiger partial charge < -0.3 is 5.32 Å². The van der Waals surface area contributed by atoms with E-state index in [-0.39, 0.29) is 0 Å². The Bertz CT molecular complexity index is 565. The molecule has 1 aliphatic heterocycles. The summed E-state index contributed by atoms with van der Waals surface area (Å²) in [7, 11) is 1.86. The van der Waals surface area contributed by atoms with Gasteiger partial charge >= 0.3 is 0 Å². The van der Waals surface area contributed by atoms with Crippen molar-refractivity contribution in [2.75, 3.05) is 25.5 Å². The van der Waals surface area contributed by atoms with E-state index in [1.165, 1.54) is 30.9 Å². The van der Waals surface area contributed by atoms with Gasteiger partial charge in [-0.3, -0.25) is 4.90 Å². The third-order valence-electron chi connectivity index (χ3n) is 3.51. The summed E-state index contributed by atoms with van der Waals surface area (Å²) >= 11 is 3.26. The fourth-order valence-corrected chi connectivity index (χ4v) is 4.08. The molecule has 1 aliphatic rings. The monoisotopic (exact) mass is 309 g/mol. The van der Waals surface area contributed by atoms with Crippen molar-refractivity contribution in [2.45, 2.75) is 26.3 Å². The fraction of sp³-hybridized carbons (Fsp3) is 0.615. The quantitative estimate of drug-likeness (QED) is 0.941. The Hall–Kier alpha value is -1.05. The van der Waals surface area contributed by atoms with Gasteiger partial charge in [0.2, 0.25) is 5.13 Å². The molecule has 108 valence electrons. The first kappa shape index (κ1) is 13.9. The van der Waals surface area contributed by atoms with E-state index in [2.05, 4.69) is 32.7 Å². The summed E-state index contributed by atoms with van der Waals surface area (Å²) in [5.41, 5.74) is 0.953. The number of piperidine rings is 1. The molecular formula is C13H19N5S2. The SMILES string of the molecule is CNc1nnc(-c2csc(CN3CCCC(C)C3)n2)s1.